The number of rotatable bonds is 3. The van der Waals surface area contributed by atoms with Crippen LogP contribution >= 0.6 is 0 Å². The first-order chi connectivity index (χ1) is 14.2. The Hall–Kier alpha value is -2.86. The monoisotopic (exact) mass is 409 g/mol. The Balaban J connectivity index is 1.49. The van der Waals surface area contributed by atoms with Crippen molar-refractivity contribution in [3.63, 3.8) is 0 Å². The van der Waals surface area contributed by atoms with Crippen LogP contribution in [-0.2, 0) is 14.3 Å². The van der Waals surface area contributed by atoms with E-state index < -0.39 is 29.8 Å². The number of β-amino-alcohol motifs (C(OH)–C–C–N with tert-alkyl or cyclic N) is 1. The number of carbonyl (C=O) groups is 2. The fourth-order valence-corrected chi connectivity index (χ4v) is 4.29. The summed E-state index contributed by atoms with van der Waals surface area (Å²) < 4.78 is 11.1. The molecule has 30 heavy (non-hydrogen) atoms. The first kappa shape index (κ1) is 20.4. The SMILES string of the molecule is CC(C)(C)OC(=O)[C@H]1C[C@@H](O)CN1C(=O)OCC1c2ccccc2-c2ccccc21. The number of ether oxygens (including phenoxy) is 2. The molecule has 1 N–H and O–H groups in total. The van der Waals surface area contributed by atoms with Crippen LogP contribution in [0.1, 0.15) is 44.2 Å². The Morgan fingerprint density at radius 3 is 2.17 bits per heavy atom. The van der Waals surface area contributed by atoms with Crippen LogP contribution in [-0.4, -0.2) is 53.0 Å². The minimum Gasteiger partial charge on any atom is -0.458 e. The second kappa shape index (κ2) is 7.76. The molecule has 0 unspecified atom stereocenters. The lowest BCUT2D eigenvalue weighted by Gasteiger charge is -2.27. The molecule has 2 aromatic rings. The van der Waals surface area contributed by atoms with E-state index in [0.29, 0.717) is 0 Å². The molecule has 1 fully saturated rings. The van der Waals surface area contributed by atoms with Crippen molar-refractivity contribution >= 4 is 12.1 Å². The highest BCUT2D eigenvalue weighted by Gasteiger charge is 2.42. The Bertz CT molecular complexity index is 919. The van der Waals surface area contributed by atoms with Gasteiger partial charge < -0.3 is 14.6 Å². The largest absolute Gasteiger partial charge is 0.458 e. The normalized spacial score (nSPS) is 20.6. The molecular weight excluding hydrogens is 382 g/mol. The van der Waals surface area contributed by atoms with Crippen LogP contribution in [0.2, 0.25) is 0 Å². The van der Waals surface area contributed by atoms with Crippen molar-refractivity contribution in [2.45, 2.75) is 50.9 Å². The lowest BCUT2D eigenvalue weighted by molar-refractivity contribution is -0.159. The van der Waals surface area contributed by atoms with E-state index >= 15 is 0 Å². The zero-order chi connectivity index (χ0) is 21.5. The predicted molar refractivity (Wildman–Crippen MR) is 112 cm³/mol. The summed E-state index contributed by atoms with van der Waals surface area (Å²) in [6.07, 6.45) is -1.23. The highest BCUT2D eigenvalue weighted by Crippen LogP contribution is 2.44. The second-order valence-electron chi connectivity index (χ2n) is 8.90. The van der Waals surface area contributed by atoms with E-state index in [0.717, 1.165) is 22.3 Å². The van der Waals surface area contributed by atoms with Gasteiger partial charge in [0, 0.05) is 12.3 Å². The van der Waals surface area contributed by atoms with Crippen molar-refractivity contribution in [3.8, 4) is 11.1 Å². The third-order valence-electron chi connectivity index (χ3n) is 5.53. The first-order valence-corrected chi connectivity index (χ1v) is 10.3. The Morgan fingerprint density at radius 1 is 1.03 bits per heavy atom. The summed E-state index contributed by atoms with van der Waals surface area (Å²) in [5.41, 5.74) is 3.88. The fraction of sp³-hybridized carbons (Fsp3) is 0.417. The van der Waals surface area contributed by atoms with E-state index in [9.17, 15) is 14.7 Å². The highest BCUT2D eigenvalue weighted by molar-refractivity contribution is 5.83. The lowest BCUT2D eigenvalue weighted by atomic mass is 9.98. The third kappa shape index (κ3) is 3.92. The average Bonchev–Trinajstić information content (AvgIpc) is 3.23. The number of hydrogen-bond acceptors (Lipinski definition) is 5. The van der Waals surface area contributed by atoms with Crippen molar-refractivity contribution in [2.24, 2.45) is 0 Å². The van der Waals surface area contributed by atoms with Gasteiger partial charge in [0.25, 0.3) is 0 Å². The number of benzene rings is 2. The molecule has 6 nitrogen and oxygen atoms in total. The van der Waals surface area contributed by atoms with Crippen LogP contribution in [0.5, 0.6) is 0 Å². The van der Waals surface area contributed by atoms with Crippen molar-refractivity contribution in [3.05, 3.63) is 59.7 Å². The molecule has 158 valence electrons. The topological polar surface area (TPSA) is 76.1 Å². The number of fused-ring (bicyclic) bond motifs is 3. The summed E-state index contributed by atoms with van der Waals surface area (Å²) in [4.78, 5) is 26.6. The van der Waals surface area contributed by atoms with Gasteiger partial charge in [-0.2, -0.15) is 0 Å². The van der Waals surface area contributed by atoms with Gasteiger partial charge in [0.05, 0.1) is 12.6 Å². The van der Waals surface area contributed by atoms with E-state index in [1.54, 1.807) is 20.8 Å². The molecule has 1 heterocycles. The molecule has 1 aliphatic carbocycles. The summed E-state index contributed by atoms with van der Waals surface area (Å²) in [6.45, 7) is 5.54. The number of esters is 1. The molecule has 0 aromatic heterocycles. The molecule has 0 spiro atoms. The molecule has 0 bridgehead atoms. The van der Waals surface area contributed by atoms with Crippen LogP contribution in [0, 0.1) is 0 Å². The number of carbonyl (C=O) groups excluding carboxylic acids is 2. The molecule has 1 saturated heterocycles. The van der Waals surface area contributed by atoms with Crippen molar-refractivity contribution < 1.29 is 24.2 Å². The lowest BCUT2D eigenvalue weighted by Crippen LogP contribution is -2.44. The minimum atomic E-state index is -0.838. The van der Waals surface area contributed by atoms with Gasteiger partial charge in [-0.25, -0.2) is 9.59 Å². The second-order valence-corrected chi connectivity index (χ2v) is 8.90. The standard InChI is InChI=1S/C24H27NO5/c1-24(2,3)30-22(27)21-12-15(26)13-25(21)23(28)29-14-20-18-10-6-4-8-16(18)17-9-5-7-11-19(17)20/h4-11,15,20-21,26H,12-14H2,1-3H3/t15-,21-/m1/s1. The summed E-state index contributed by atoms with van der Waals surface area (Å²) in [5.74, 6) is -0.582. The molecule has 0 radical (unpaired) electrons. The summed E-state index contributed by atoms with van der Waals surface area (Å²) in [6, 6.07) is 15.4. The van der Waals surface area contributed by atoms with Gasteiger partial charge in [-0.3, -0.25) is 4.90 Å². The van der Waals surface area contributed by atoms with E-state index in [2.05, 4.69) is 24.3 Å². The molecule has 1 amide bonds. The maximum absolute atomic E-state index is 12.8. The van der Waals surface area contributed by atoms with Gasteiger partial charge in [0.1, 0.15) is 18.2 Å². The van der Waals surface area contributed by atoms with Gasteiger partial charge in [0.15, 0.2) is 0 Å². The van der Waals surface area contributed by atoms with E-state index in [1.165, 1.54) is 4.90 Å². The molecule has 1 aliphatic heterocycles. The van der Waals surface area contributed by atoms with E-state index in [-0.39, 0.29) is 25.5 Å². The van der Waals surface area contributed by atoms with Crippen LogP contribution in [0.4, 0.5) is 4.79 Å². The Kier molecular flexibility index (Phi) is 5.28. The van der Waals surface area contributed by atoms with Crippen molar-refractivity contribution in [2.75, 3.05) is 13.2 Å². The average molecular weight is 409 g/mol. The summed E-state index contributed by atoms with van der Waals surface area (Å²) in [5, 5.41) is 10.0. The van der Waals surface area contributed by atoms with Gasteiger partial charge in [-0.15, -0.1) is 0 Å². The van der Waals surface area contributed by atoms with E-state index in [4.69, 9.17) is 9.47 Å². The van der Waals surface area contributed by atoms with Gasteiger partial charge in [0.2, 0.25) is 0 Å². The smallest absolute Gasteiger partial charge is 0.410 e. The highest BCUT2D eigenvalue weighted by atomic mass is 16.6. The number of hydrogen-bond donors (Lipinski definition) is 1. The van der Waals surface area contributed by atoms with Crippen LogP contribution in [0.25, 0.3) is 11.1 Å². The molecule has 0 saturated carbocycles. The minimum absolute atomic E-state index is 0.0561. The molecule has 2 aliphatic rings. The van der Waals surface area contributed by atoms with Crippen molar-refractivity contribution in [1.29, 1.82) is 0 Å². The fourth-order valence-electron chi connectivity index (χ4n) is 4.29. The molecule has 2 atom stereocenters. The summed E-state index contributed by atoms with van der Waals surface area (Å²) >= 11 is 0. The molecule has 4 rings (SSSR count). The number of nitrogens with zero attached hydrogens (tertiary/aromatic N) is 1. The molecule has 2 aromatic carbocycles. The van der Waals surface area contributed by atoms with Crippen LogP contribution < -0.4 is 0 Å². The van der Waals surface area contributed by atoms with Gasteiger partial charge >= 0.3 is 12.1 Å². The maximum Gasteiger partial charge on any atom is 0.410 e. The number of aliphatic hydroxyl groups excluding tert-OH is 1. The van der Waals surface area contributed by atoms with Gasteiger partial charge in [-0.1, -0.05) is 48.5 Å². The summed E-state index contributed by atoms with van der Waals surface area (Å²) in [7, 11) is 0. The van der Waals surface area contributed by atoms with E-state index in [1.807, 2.05) is 24.3 Å². The quantitative estimate of drug-likeness (QED) is 0.782. The predicted octanol–water partition coefficient (Wildman–Crippen LogP) is 3.71. The Morgan fingerprint density at radius 2 is 1.60 bits per heavy atom. The zero-order valence-corrected chi connectivity index (χ0v) is 17.5. The Labute approximate surface area is 176 Å². The van der Waals surface area contributed by atoms with Crippen molar-refractivity contribution in [1.82, 2.24) is 4.90 Å². The maximum atomic E-state index is 12.8. The molecule has 6 heteroatoms. The van der Waals surface area contributed by atoms with Crippen LogP contribution in [0.15, 0.2) is 48.5 Å². The first-order valence-electron chi connectivity index (χ1n) is 10.3. The third-order valence-corrected chi connectivity index (χ3v) is 5.53. The number of likely N-dealkylation sites (tertiary alicyclic amines) is 1. The van der Waals surface area contributed by atoms with Crippen LogP contribution in [0.3, 0.4) is 0 Å². The van der Waals surface area contributed by atoms with Gasteiger partial charge in [-0.05, 0) is 43.0 Å². The molecular formula is C24H27NO5. The number of aliphatic hydroxyl groups is 1. The number of amides is 1. The zero-order valence-electron chi connectivity index (χ0n) is 17.5.